The van der Waals surface area contributed by atoms with Gasteiger partial charge in [-0.15, -0.1) is 0 Å². The van der Waals surface area contributed by atoms with Crippen LogP contribution in [0.25, 0.3) is 0 Å². The summed E-state index contributed by atoms with van der Waals surface area (Å²) < 4.78 is 5.55. The summed E-state index contributed by atoms with van der Waals surface area (Å²) in [7, 11) is 0. The van der Waals surface area contributed by atoms with Gasteiger partial charge in [0.2, 0.25) is 5.91 Å². The highest BCUT2D eigenvalue weighted by Crippen LogP contribution is 2.28. The molecule has 0 aliphatic heterocycles. The maximum atomic E-state index is 13.1. The molecule has 5 heteroatoms. The molecule has 0 radical (unpaired) electrons. The first-order chi connectivity index (χ1) is 13.8. The smallest absolute Gasteiger partial charge is 0.255 e. The normalized spacial score (nSPS) is 12.0. The summed E-state index contributed by atoms with van der Waals surface area (Å²) >= 11 is 0. The highest BCUT2D eigenvalue weighted by molar-refractivity contribution is 6.03. The van der Waals surface area contributed by atoms with Gasteiger partial charge in [-0.3, -0.25) is 9.59 Å². The SMILES string of the molecule is CCOc1ccccc1C(=O)N[C@@H](C(=O)Nc1c(C)cccc1C(C)C)C(C)C. The predicted molar refractivity (Wildman–Crippen MR) is 118 cm³/mol. The minimum Gasteiger partial charge on any atom is -0.493 e. The number of nitrogens with one attached hydrogen (secondary N) is 2. The lowest BCUT2D eigenvalue weighted by Crippen LogP contribution is -2.47. The van der Waals surface area contributed by atoms with Gasteiger partial charge in [-0.1, -0.05) is 58.0 Å². The van der Waals surface area contributed by atoms with E-state index in [-0.39, 0.29) is 23.7 Å². The lowest BCUT2D eigenvalue weighted by molar-refractivity contribution is -0.118. The van der Waals surface area contributed by atoms with Gasteiger partial charge >= 0.3 is 0 Å². The predicted octanol–water partition coefficient (Wildman–Crippen LogP) is 4.91. The molecule has 2 amide bonds. The number of para-hydroxylation sites is 2. The number of benzene rings is 2. The van der Waals surface area contributed by atoms with Gasteiger partial charge in [-0.25, -0.2) is 0 Å². The number of carbonyl (C=O) groups is 2. The minimum atomic E-state index is -0.670. The van der Waals surface area contributed by atoms with Gasteiger partial charge in [0.25, 0.3) is 5.91 Å². The van der Waals surface area contributed by atoms with Gasteiger partial charge in [0, 0.05) is 5.69 Å². The highest BCUT2D eigenvalue weighted by atomic mass is 16.5. The third-order valence-electron chi connectivity index (χ3n) is 4.84. The van der Waals surface area contributed by atoms with Crippen molar-refractivity contribution in [2.75, 3.05) is 11.9 Å². The monoisotopic (exact) mass is 396 g/mol. The number of hydrogen-bond donors (Lipinski definition) is 2. The second-order valence-corrected chi connectivity index (χ2v) is 7.81. The van der Waals surface area contributed by atoms with E-state index in [0.29, 0.717) is 17.9 Å². The van der Waals surface area contributed by atoms with Crippen LogP contribution in [0.5, 0.6) is 5.75 Å². The van der Waals surface area contributed by atoms with Gasteiger partial charge < -0.3 is 15.4 Å². The minimum absolute atomic E-state index is 0.0790. The molecule has 2 aromatic rings. The van der Waals surface area contributed by atoms with E-state index in [0.717, 1.165) is 16.8 Å². The van der Waals surface area contributed by atoms with Crippen molar-refractivity contribution in [1.82, 2.24) is 5.32 Å². The summed E-state index contributed by atoms with van der Waals surface area (Å²) in [6.07, 6.45) is 0. The number of rotatable bonds is 8. The van der Waals surface area contributed by atoms with Crippen molar-refractivity contribution in [1.29, 1.82) is 0 Å². The molecule has 0 saturated carbocycles. The largest absolute Gasteiger partial charge is 0.493 e. The first-order valence-electron chi connectivity index (χ1n) is 10.2. The maximum Gasteiger partial charge on any atom is 0.255 e. The molecule has 2 aromatic carbocycles. The molecule has 0 saturated heterocycles. The summed E-state index contributed by atoms with van der Waals surface area (Å²) in [5.74, 6) is 0.159. The molecule has 0 unspecified atom stereocenters. The fourth-order valence-corrected chi connectivity index (χ4v) is 3.23. The highest BCUT2D eigenvalue weighted by Gasteiger charge is 2.27. The molecule has 0 heterocycles. The molecule has 0 aliphatic rings. The standard InChI is InChI=1S/C24H32N2O3/c1-7-29-20-14-9-8-12-19(20)23(27)25-21(16(4)5)24(28)26-22-17(6)11-10-13-18(22)15(2)3/h8-16,21H,7H2,1-6H3,(H,25,27)(H,26,28)/t21-/m1/s1. The number of ether oxygens (including phenoxy) is 1. The molecular weight excluding hydrogens is 364 g/mol. The maximum absolute atomic E-state index is 13.1. The Morgan fingerprint density at radius 2 is 1.69 bits per heavy atom. The zero-order valence-corrected chi connectivity index (χ0v) is 18.2. The van der Waals surface area contributed by atoms with Crippen LogP contribution in [0.15, 0.2) is 42.5 Å². The van der Waals surface area contributed by atoms with Gasteiger partial charge in [0.15, 0.2) is 0 Å². The third kappa shape index (κ3) is 5.59. The van der Waals surface area contributed by atoms with E-state index in [1.54, 1.807) is 18.2 Å². The Labute approximate surface area is 173 Å². The summed E-state index contributed by atoms with van der Waals surface area (Å²) in [5, 5.41) is 5.94. The number of amides is 2. The van der Waals surface area contributed by atoms with Crippen LogP contribution in [0.1, 0.15) is 62.0 Å². The third-order valence-corrected chi connectivity index (χ3v) is 4.84. The first-order valence-corrected chi connectivity index (χ1v) is 10.2. The number of hydrogen-bond acceptors (Lipinski definition) is 3. The van der Waals surface area contributed by atoms with Crippen molar-refractivity contribution in [3.05, 3.63) is 59.2 Å². The lowest BCUT2D eigenvalue weighted by Gasteiger charge is -2.24. The molecule has 156 valence electrons. The Kier molecular flexibility index (Phi) is 7.82. The summed E-state index contributed by atoms with van der Waals surface area (Å²) in [6, 6.07) is 12.4. The molecule has 0 bridgehead atoms. The van der Waals surface area contributed by atoms with Gasteiger partial charge in [0.1, 0.15) is 11.8 Å². The molecule has 2 N–H and O–H groups in total. The molecule has 1 atom stereocenters. The summed E-state index contributed by atoms with van der Waals surface area (Å²) in [6.45, 7) is 12.3. The fourth-order valence-electron chi connectivity index (χ4n) is 3.23. The van der Waals surface area contributed by atoms with Crippen molar-refractivity contribution in [3.8, 4) is 5.75 Å². The van der Waals surface area contributed by atoms with E-state index >= 15 is 0 Å². The van der Waals surface area contributed by atoms with Crippen LogP contribution >= 0.6 is 0 Å². The molecular formula is C24H32N2O3. The topological polar surface area (TPSA) is 67.4 Å². The van der Waals surface area contributed by atoms with Crippen LogP contribution in [0, 0.1) is 12.8 Å². The molecule has 0 spiro atoms. The van der Waals surface area contributed by atoms with E-state index < -0.39 is 6.04 Å². The molecule has 0 fully saturated rings. The van der Waals surface area contributed by atoms with Crippen molar-refractivity contribution < 1.29 is 14.3 Å². The number of aryl methyl sites for hydroxylation is 1. The molecule has 5 nitrogen and oxygen atoms in total. The van der Waals surface area contributed by atoms with Crippen LogP contribution in [-0.2, 0) is 4.79 Å². The van der Waals surface area contributed by atoms with Crippen molar-refractivity contribution >= 4 is 17.5 Å². The van der Waals surface area contributed by atoms with Crippen LogP contribution in [0.3, 0.4) is 0 Å². The second kappa shape index (κ2) is 10.1. The van der Waals surface area contributed by atoms with E-state index in [4.69, 9.17) is 4.74 Å². The number of anilines is 1. The zero-order chi connectivity index (χ0) is 21.6. The average Bonchev–Trinajstić information content (AvgIpc) is 2.67. The van der Waals surface area contributed by atoms with E-state index in [9.17, 15) is 9.59 Å². The molecule has 0 aliphatic carbocycles. The van der Waals surface area contributed by atoms with Crippen LogP contribution in [-0.4, -0.2) is 24.5 Å². The number of carbonyl (C=O) groups excluding carboxylic acids is 2. The van der Waals surface area contributed by atoms with Gasteiger partial charge in [0.05, 0.1) is 12.2 Å². The van der Waals surface area contributed by atoms with E-state index in [1.807, 2.05) is 52.0 Å². The summed E-state index contributed by atoms with van der Waals surface area (Å²) in [5.41, 5.74) is 3.32. The van der Waals surface area contributed by atoms with E-state index in [2.05, 4.69) is 24.5 Å². The quantitative estimate of drug-likeness (QED) is 0.666. The van der Waals surface area contributed by atoms with Gasteiger partial charge in [-0.05, 0) is 48.9 Å². The van der Waals surface area contributed by atoms with Crippen LogP contribution in [0.4, 0.5) is 5.69 Å². The van der Waals surface area contributed by atoms with E-state index in [1.165, 1.54) is 0 Å². The lowest BCUT2D eigenvalue weighted by atomic mass is 9.97. The molecule has 2 rings (SSSR count). The second-order valence-electron chi connectivity index (χ2n) is 7.81. The fraction of sp³-hybridized carbons (Fsp3) is 0.417. The average molecular weight is 397 g/mol. The molecule has 0 aromatic heterocycles. The Morgan fingerprint density at radius 1 is 1.00 bits per heavy atom. The Morgan fingerprint density at radius 3 is 2.31 bits per heavy atom. The molecule has 29 heavy (non-hydrogen) atoms. The van der Waals surface area contributed by atoms with Crippen molar-refractivity contribution in [3.63, 3.8) is 0 Å². The van der Waals surface area contributed by atoms with Gasteiger partial charge in [-0.2, -0.15) is 0 Å². The Balaban J connectivity index is 2.25. The van der Waals surface area contributed by atoms with Crippen LogP contribution in [0.2, 0.25) is 0 Å². The van der Waals surface area contributed by atoms with Crippen molar-refractivity contribution in [2.45, 2.75) is 53.5 Å². The Bertz CT molecular complexity index is 859. The van der Waals surface area contributed by atoms with Crippen LogP contribution < -0.4 is 15.4 Å². The van der Waals surface area contributed by atoms with Crippen molar-refractivity contribution in [2.24, 2.45) is 5.92 Å². The Hall–Kier alpha value is -2.82. The zero-order valence-electron chi connectivity index (χ0n) is 18.2. The summed E-state index contributed by atoms with van der Waals surface area (Å²) in [4.78, 5) is 26.0. The first kappa shape index (κ1) is 22.5.